The molecule has 17 heavy (non-hydrogen) atoms. The lowest BCUT2D eigenvalue weighted by Crippen LogP contribution is -2.21. The summed E-state index contributed by atoms with van der Waals surface area (Å²) in [5.74, 6) is 0.717. The molecule has 0 radical (unpaired) electrons. The van der Waals surface area contributed by atoms with E-state index in [1.807, 2.05) is 6.92 Å². The Kier molecular flexibility index (Phi) is 7.32. The van der Waals surface area contributed by atoms with Gasteiger partial charge in [-0.1, -0.05) is 25.2 Å². The second-order valence-electron chi connectivity index (χ2n) is 4.43. The highest BCUT2D eigenvalue weighted by molar-refractivity contribution is 7.11. The van der Waals surface area contributed by atoms with Crippen molar-refractivity contribution >= 4 is 11.3 Å². The van der Waals surface area contributed by atoms with Crippen LogP contribution in [0.2, 0.25) is 0 Å². The van der Waals surface area contributed by atoms with Crippen molar-refractivity contribution in [2.45, 2.75) is 40.2 Å². The van der Waals surface area contributed by atoms with Gasteiger partial charge >= 0.3 is 0 Å². The summed E-state index contributed by atoms with van der Waals surface area (Å²) in [4.78, 5) is 0. The molecule has 0 atom stereocenters. The maximum absolute atomic E-state index is 5.30. The van der Waals surface area contributed by atoms with Gasteiger partial charge in [0, 0.05) is 13.0 Å². The van der Waals surface area contributed by atoms with Crippen LogP contribution >= 0.6 is 11.3 Å². The Morgan fingerprint density at radius 2 is 2.06 bits per heavy atom. The summed E-state index contributed by atoms with van der Waals surface area (Å²) in [5, 5.41) is 13.8. The van der Waals surface area contributed by atoms with Crippen molar-refractivity contribution in [1.29, 1.82) is 0 Å². The topological polar surface area (TPSA) is 47.0 Å². The van der Waals surface area contributed by atoms with Crippen LogP contribution in [0.25, 0.3) is 0 Å². The van der Waals surface area contributed by atoms with Gasteiger partial charge in [0.1, 0.15) is 16.6 Å². The zero-order valence-corrected chi connectivity index (χ0v) is 11.8. The molecule has 1 aromatic rings. The Labute approximate surface area is 108 Å². The van der Waals surface area contributed by atoms with Crippen LogP contribution in [0, 0.1) is 5.92 Å². The first-order chi connectivity index (χ1) is 8.22. The zero-order valence-electron chi connectivity index (χ0n) is 11.0. The maximum atomic E-state index is 5.30. The number of aromatic nitrogens is 2. The van der Waals surface area contributed by atoms with E-state index in [4.69, 9.17) is 4.74 Å². The molecule has 1 N–H and O–H groups in total. The third-order valence-corrected chi connectivity index (χ3v) is 3.19. The molecule has 5 heteroatoms. The van der Waals surface area contributed by atoms with Crippen molar-refractivity contribution in [1.82, 2.24) is 15.5 Å². The van der Waals surface area contributed by atoms with Crippen LogP contribution in [0.5, 0.6) is 0 Å². The summed E-state index contributed by atoms with van der Waals surface area (Å²) >= 11 is 1.66. The van der Waals surface area contributed by atoms with Gasteiger partial charge in [-0.2, -0.15) is 0 Å². The van der Waals surface area contributed by atoms with E-state index >= 15 is 0 Å². The number of rotatable bonds is 9. The Balaban J connectivity index is 2.12. The molecule has 0 aliphatic heterocycles. The molecule has 0 saturated heterocycles. The lowest BCUT2D eigenvalue weighted by molar-refractivity contribution is 0.133. The third-order valence-electron chi connectivity index (χ3n) is 2.24. The van der Waals surface area contributed by atoms with Crippen LogP contribution in [-0.4, -0.2) is 29.9 Å². The summed E-state index contributed by atoms with van der Waals surface area (Å²) in [5.41, 5.74) is 0. The van der Waals surface area contributed by atoms with E-state index < -0.39 is 0 Å². The maximum Gasteiger partial charge on any atom is 0.143 e. The fourth-order valence-corrected chi connectivity index (χ4v) is 2.22. The van der Waals surface area contributed by atoms with Crippen molar-refractivity contribution in [3.05, 3.63) is 10.0 Å². The number of hydrogen-bond acceptors (Lipinski definition) is 5. The van der Waals surface area contributed by atoms with E-state index in [0.717, 1.165) is 42.6 Å². The summed E-state index contributed by atoms with van der Waals surface area (Å²) < 4.78 is 5.30. The normalized spacial score (nSPS) is 11.3. The Hall–Kier alpha value is -0.520. The fraction of sp³-hybridized carbons (Fsp3) is 0.833. The molecule has 98 valence electrons. The van der Waals surface area contributed by atoms with Crippen LogP contribution in [0.1, 0.15) is 37.2 Å². The van der Waals surface area contributed by atoms with Crippen LogP contribution in [0.15, 0.2) is 0 Å². The molecular formula is C12H23N3OS. The van der Waals surface area contributed by atoms with Gasteiger partial charge in [0.05, 0.1) is 0 Å². The summed E-state index contributed by atoms with van der Waals surface area (Å²) in [6, 6.07) is 0. The molecule has 4 nitrogen and oxygen atoms in total. The molecule has 0 aliphatic carbocycles. The quantitative estimate of drug-likeness (QED) is 0.689. The number of ether oxygens (including phenoxy) is 1. The third kappa shape index (κ3) is 6.71. The van der Waals surface area contributed by atoms with Gasteiger partial charge in [0.25, 0.3) is 0 Å². The summed E-state index contributed by atoms with van der Waals surface area (Å²) in [6.07, 6.45) is 2.13. The van der Waals surface area contributed by atoms with E-state index in [9.17, 15) is 0 Å². The van der Waals surface area contributed by atoms with Gasteiger partial charge in [-0.15, -0.1) is 10.2 Å². The average Bonchev–Trinajstić information content (AvgIpc) is 2.73. The van der Waals surface area contributed by atoms with Crippen LogP contribution in [-0.2, 0) is 17.8 Å². The predicted molar refractivity (Wildman–Crippen MR) is 71.3 cm³/mol. The Bertz CT molecular complexity index is 302. The molecule has 0 bridgehead atoms. The molecule has 0 amide bonds. The Morgan fingerprint density at radius 1 is 1.29 bits per heavy atom. The highest BCUT2D eigenvalue weighted by atomic mass is 32.1. The molecule has 0 aliphatic rings. The number of hydrogen-bond donors (Lipinski definition) is 1. The average molecular weight is 257 g/mol. The molecule has 1 aromatic heterocycles. The van der Waals surface area contributed by atoms with E-state index in [-0.39, 0.29) is 0 Å². The smallest absolute Gasteiger partial charge is 0.143 e. The minimum atomic E-state index is 0.597. The molecule has 1 heterocycles. The number of nitrogens with one attached hydrogen (secondary N) is 1. The van der Waals surface area contributed by atoms with Gasteiger partial charge < -0.3 is 10.1 Å². The Morgan fingerprint density at radius 3 is 2.76 bits per heavy atom. The van der Waals surface area contributed by atoms with Gasteiger partial charge in [0.2, 0.25) is 0 Å². The van der Waals surface area contributed by atoms with Crippen LogP contribution < -0.4 is 5.32 Å². The fourth-order valence-electron chi connectivity index (χ4n) is 1.39. The lowest BCUT2D eigenvalue weighted by atomic mass is 10.2. The van der Waals surface area contributed by atoms with Gasteiger partial charge in [-0.05, 0) is 32.4 Å². The van der Waals surface area contributed by atoms with E-state index in [0.29, 0.717) is 12.5 Å². The number of aryl methyl sites for hydroxylation is 1. The molecule has 0 aromatic carbocycles. The SMILES string of the molecule is CCOCc1nnc(CCCNCC(C)C)s1. The van der Waals surface area contributed by atoms with E-state index in [1.54, 1.807) is 11.3 Å². The first-order valence-corrected chi connectivity index (χ1v) is 7.13. The van der Waals surface area contributed by atoms with Gasteiger partial charge in [-0.3, -0.25) is 0 Å². The largest absolute Gasteiger partial charge is 0.374 e. The lowest BCUT2D eigenvalue weighted by Gasteiger charge is -2.05. The molecule has 0 fully saturated rings. The molecule has 1 rings (SSSR count). The second kappa shape index (κ2) is 8.55. The van der Waals surface area contributed by atoms with Crippen molar-refractivity contribution in [2.75, 3.05) is 19.7 Å². The van der Waals surface area contributed by atoms with Crippen molar-refractivity contribution in [3.8, 4) is 0 Å². The zero-order chi connectivity index (χ0) is 12.5. The van der Waals surface area contributed by atoms with Crippen LogP contribution in [0.3, 0.4) is 0 Å². The highest BCUT2D eigenvalue weighted by Crippen LogP contribution is 2.12. The monoisotopic (exact) mass is 257 g/mol. The molecular weight excluding hydrogens is 234 g/mol. The van der Waals surface area contributed by atoms with Crippen LogP contribution in [0.4, 0.5) is 0 Å². The minimum absolute atomic E-state index is 0.597. The summed E-state index contributed by atoms with van der Waals surface area (Å²) in [7, 11) is 0. The standard InChI is InChI=1S/C12H23N3OS/c1-4-16-9-12-15-14-11(17-12)6-5-7-13-8-10(2)3/h10,13H,4-9H2,1-3H3. The first-order valence-electron chi connectivity index (χ1n) is 6.32. The van der Waals surface area contributed by atoms with Crippen molar-refractivity contribution < 1.29 is 4.74 Å². The highest BCUT2D eigenvalue weighted by Gasteiger charge is 2.03. The van der Waals surface area contributed by atoms with E-state index in [1.165, 1.54) is 0 Å². The summed E-state index contributed by atoms with van der Waals surface area (Å²) in [6.45, 7) is 9.90. The minimum Gasteiger partial charge on any atom is -0.374 e. The number of nitrogens with zero attached hydrogens (tertiary/aromatic N) is 2. The van der Waals surface area contributed by atoms with Gasteiger partial charge in [-0.25, -0.2) is 0 Å². The van der Waals surface area contributed by atoms with Gasteiger partial charge in [0.15, 0.2) is 0 Å². The van der Waals surface area contributed by atoms with Crippen molar-refractivity contribution in [3.63, 3.8) is 0 Å². The van der Waals surface area contributed by atoms with Crippen molar-refractivity contribution in [2.24, 2.45) is 5.92 Å². The molecule has 0 unspecified atom stereocenters. The molecule has 0 spiro atoms. The molecule has 0 saturated carbocycles. The first kappa shape index (κ1) is 14.5. The second-order valence-corrected chi connectivity index (χ2v) is 5.57. The predicted octanol–water partition coefficient (Wildman–Crippen LogP) is 2.25. The van der Waals surface area contributed by atoms with E-state index in [2.05, 4.69) is 29.4 Å².